The highest BCUT2D eigenvalue weighted by molar-refractivity contribution is 6.15. The molecule has 1 aromatic rings. The molecule has 1 aromatic carbocycles. The van der Waals surface area contributed by atoms with Crippen LogP contribution in [-0.2, 0) is 19.1 Å². The molecule has 0 bridgehead atoms. The van der Waals surface area contributed by atoms with Gasteiger partial charge in [0.05, 0.1) is 7.11 Å². The Bertz CT molecular complexity index is 708. The van der Waals surface area contributed by atoms with Crippen molar-refractivity contribution in [1.82, 2.24) is 0 Å². The van der Waals surface area contributed by atoms with Crippen molar-refractivity contribution < 1.29 is 19.1 Å². The summed E-state index contributed by atoms with van der Waals surface area (Å²) in [4.78, 5) is 24.5. The van der Waals surface area contributed by atoms with Crippen LogP contribution >= 0.6 is 0 Å². The van der Waals surface area contributed by atoms with Gasteiger partial charge in [-0.15, -0.1) is 0 Å². The second-order valence-electron chi connectivity index (χ2n) is 7.20. The molecule has 4 rings (SSSR count). The lowest BCUT2D eigenvalue weighted by atomic mass is 9.45. The van der Waals surface area contributed by atoms with Gasteiger partial charge in [0.25, 0.3) is 0 Å². The molecule has 2 saturated carbocycles. The van der Waals surface area contributed by atoms with Gasteiger partial charge in [-0.05, 0) is 31.2 Å². The number of hydrogen-bond donors (Lipinski definition) is 0. The third-order valence-corrected chi connectivity index (χ3v) is 6.19. The highest BCUT2D eigenvalue weighted by Crippen LogP contribution is 2.69. The van der Waals surface area contributed by atoms with Crippen LogP contribution in [0.25, 0.3) is 0 Å². The normalized spacial score (nSPS) is 34.6. The maximum atomic E-state index is 12.4. The van der Waals surface area contributed by atoms with Crippen molar-refractivity contribution >= 4 is 11.9 Å². The van der Waals surface area contributed by atoms with E-state index in [-0.39, 0.29) is 16.9 Å². The van der Waals surface area contributed by atoms with Crippen molar-refractivity contribution in [2.75, 3.05) is 7.11 Å². The van der Waals surface area contributed by atoms with Gasteiger partial charge in [-0.25, -0.2) is 9.59 Å². The summed E-state index contributed by atoms with van der Waals surface area (Å²) in [6.07, 6.45) is 7.87. The Morgan fingerprint density at radius 3 is 2.67 bits per heavy atom. The second-order valence-corrected chi connectivity index (χ2v) is 7.20. The van der Waals surface area contributed by atoms with Crippen LogP contribution in [0.2, 0.25) is 0 Å². The maximum absolute atomic E-state index is 12.4. The summed E-state index contributed by atoms with van der Waals surface area (Å²) in [6.45, 7) is 0. The van der Waals surface area contributed by atoms with E-state index in [1.54, 1.807) is 0 Å². The monoisotopic (exact) mass is 326 g/mol. The molecule has 3 atom stereocenters. The van der Waals surface area contributed by atoms with Gasteiger partial charge in [0.1, 0.15) is 11.2 Å². The molecule has 0 aromatic heterocycles. The molecule has 0 saturated heterocycles. The number of carbonyl (C=O) groups is 2. The first-order valence-corrected chi connectivity index (χ1v) is 8.71. The summed E-state index contributed by atoms with van der Waals surface area (Å²) in [7, 11) is 1.30. The highest BCUT2D eigenvalue weighted by Gasteiger charge is 2.69. The van der Waals surface area contributed by atoms with Crippen molar-refractivity contribution in [2.45, 2.75) is 50.0 Å². The average molecular weight is 326 g/mol. The number of methoxy groups -OCH3 is 1. The zero-order chi connectivity index (χ0) is 16.8. The number of rotatable bonds is 2. The van der Waals surface area contributed by atoms with E-state index in [4.69, 9.17) is 9.47 Å². The fourth-order valence-corrected chi connectivity index (χ4v) is 5.02. The minimum Gasteiger partial charge on any atom is -0.465 e. The van der Waals surface area contributed by atoms with Crippen LogP contribution in [0.4, 0.5) is 0 Å². The van der Waals surface area contributed by atoms with E-state index in [9.17, 15) is 9.59 Å². The van der Waals surface area contributed by atoms with Gasteiger partial charge in [-0.1, -0.05) is 49.2 Å². The zero-order valence-corrected chi connectivity index (χ0v) is 13.9. The first kappa shape index (κ1) is 15.4. The molecule has 4 heteroatoms. The van der Waals surface area contributed by atoms with E-state index >= 15 is 0 Å². The molecule has 1 aliphatic heterocycles. The molecule has 126 valence electrons. The minimum atomic E-state index is -0.592. The van der Waals surface area contributed by atoms with Gasteiger partial charge < -0.3 is 9.47 Å². The van der Waals surface area contributed by atoms with Crippen LogP contribution in [-0.4, -0.2) is 24.6 Å². The van der Waals surface area contributed by atoms with Crippen molar-refractivity contribution in [2.24, 2.45) is 5.41 Å². The number of esters is 2. The summed E-state index contributed by atoms with van der Waals surface area (Å²) in [5.74, 6) is -0.832. The Kier molecular flexibility index (Phi) is 3.52. The van der Waals surface area contributed by atoms with Crippen molar-refractivity contribution in [1.29, 1.82) is 0 Å². The highest BCUT2D eigenvalue weighted by atomic mass is 16.6. The Labute approximate surface area is 141 Å². The van der Waals surface area contributed by atoms with Gasteiger partial charge in [0.15, 0.2) is 0 Å². The van der Waals surface area contributed by atoms with Crippen molar-refractivity contribution in [3.63, 3.8) is 0 Å². The Hall–Kier alpha value is -2.10. The van der Waals surface area contributed by atoms with Crippen LogP contribution in [0.15, 0.2) is 42.0 Å². The van der Waals surface area contributed by atoms with Crippen LogP contribution in [0.1, 0.15) is 50.0 Å². The smallest absolute Gasteiger partial charge is 0.345 e. The van der Waals surface area contributed by atoms with E-state index in [0.29, 0.717) is 0 Å². The molecule has 1 heterocycles. The molecule has 3 aliphatic rings. The van der Waals surface area contributed by atoms with Crippen LogP contribution in [0, 0.1) is 5.41 Å². The van der Waals surface area contributed by atoms with Gasteiger partial charge in [-0.2, -0.15) is 0 Å². The lowest BCUT2D eigenvalue weighted by Gasteiger charge is -2.63. The molecule has 0 amide bonds. The molecule has 4 nitrogen and oxygen atoms in total. The Morgan fingerprint density at radius 2 is 1.92 bits per heavy atom. The van der Waals surface area contributed by atoms with Gasteiger partial charge in [0.2, 0.25) is 0 Å². The topological polar surface area (TPSA) is 52.6 Å². The SMILES string of the molecule is COC(=O)C1=CC23CCCCCC2(C[C@H]3c2ccccc2)OC1=O. The fourth-order valence-electron chi connectivity index (χ4n) is 5.02. The molecular weight excluding hydrogens is 304 g/mol. The molecule has 2 aliphatic carbocycles. The number of hydrogen-bond acceptors (Lipinski definition) is 4. The quantitative estimate of drug-likeness (QED) is 0.616. The van der Waals surface area contributed by atoms with E-state index in [2.05, 4.69) is 12.1 Å². The fraction of sp³-hybridized carbons (Fsp3) is 0.500. The molecular formula is C20H22O4. The van der Waals surface area contributed by atoms with E-state index in [1.165, 1.54) is 12.7 Å². The molecule has 0 N–H and O–H groups in total. The summed E-state index contributed by atoms with van der Waals surface area (Å²) < 4.78 is 10.7. The third kappa shape index (κ3) is 1.98. The predicted molar refractivity (Wildman–Crippen MR) is 88.2 cm³/mol. The molecule has 0 radical (unpaired) electrons. The van der Waals surface area contributed by atoms with Crippen LogP contribution in [0.3, 0.4) is 0 Å². The molecule has 2 unspecified atom stereocenters. The summed E-state index contributed by atoms with van der Waals surface area (Å²) in [6, 6.07) is 10.4. The van der Waals surface area contributed by atoms with E-state index in [0.717, 1.165) is 38.5 Å². The number of ether oxygens (including phenoxy) is 2. The molecule has 0 spiro atoms. The first-order chi connectivity index (χ1) is 11.6. The summed E-state index contributed by atoms with van der Waals surface area (Å²) in [5, 5.41) is 0. The van der Waals surface area contributed by atoms with Crippen LogP contribution in [0.5, 0.6) is 0 Å². The molecule has 24 heavy (non-hydrogen) atoms. The summed E-state index contributed by atoms with van der Waals surface area (Å²) in [5.41, 5.74) is 0.602. The van der Waals surface area contributed by atoms with Crippen molar-refractivity contribution in [3.8, 4) is 0 Å². The van der Waals surface area contributed by atoms with E-state index < -0.39 is 17.5 Å². The first-order valence-electron chi connectivity index (χ1n) is 8.71. The van der Waals surface area contributed by atoms with Crippen LogP contribution < -0.4 is 0 Å². The zero-order valence-electron chi connectivity index (χ0n) is 13.9. The minimum absolute atomic E-state index is 0.0654. The van der Waals surface area contributed by atoms with Gasteiger partial charge >= 0.3 is 11.9 Å². The second kappa shape index (κ2) is 5.47. The van der Waals surface area contributed by atoms with Crippen molar-refractivity contribution in [3.05, 3.63) is 47.5 Å². The largest absolute Gasteiger partial charge is 0.465 e. The lowest BCUT2D eigenvalue weighted by molar-refractivity contribution is -0.212. The lowest BCUT2D eigenvalue weighted by Crippen LogP contribution is -2.65. The Morgan fingerprint density at radius 1 is 1.17 bits per heavy atom. The van der Waals surface area contributed by atoms with Gasteiger partial charge in [0, 0.05) is 11.3 Å². The third-order valence-electron chi connectivity index (χ3n) is 6.19. The number of benzene rings is 1. The molecule has 2 fully saturated rings. The number of carbonyl (C=O) groups excluding carboxylic acids is 2. The predicted octanol–water partition coefficient (Wildman–Crippen LogP) is 3.52. The van der Waals surface area contributed by atoms with Gasteiger partial charge in [-0.3, -0.25) is 0 Å². The standard InChI is InChI=1S/C20H22O4/c1-23-17(21)15-12-19-10-6-3-7-11-20(19,24-18(15)22)13-16(19)14-8-4-2-5-9-14/h2,4-5,8-9,12,16H,3,6-7,10-11,13H2,1H3/t16-,19?,20?/m0/s1. The van der Waals surface area contributed by atoms with E-state index in [1.807, 2.05) is 24.3 Å². The summed E-state index contributed by atoms with van der Waals surface area (Å²) >= 11 is 0. The Balaban J connectivity index is 1.84. The average Bonchev–Trinajstić information content (AvgIpc) is 2.73. The maximum Gasteiger partial charge on any atom is 0.345 e.